The summed E-state index contributed by atoms with van der Waals surface area (Å²) in [6.07, 6.45) is 1.58. The minimum absolute atomic E-state index is 0.00604. The minimum atomic E-state index is -1.10. The number of rotatable bonds is 5. The fourth-order valence-electron chi connectivity index (χ4n) is 1.80. The Hall–Kier alpha value is -2.86. The number of hydrazone groups is 1. The molecule has 0 radical (unpaired) electrons. The van der Waals surface area contributed by atoms with Crippen LogP contribution in [0.1, 0.15) is 22.8 Å². The third kappa shape index (κ3) is 4.82. The predicted molar refractivity (Wildman–Crippen MR) is 90.4 cm³/mol. The number of carbonyl (C=O) groups is 2. The van der Waals surface area contributed by atoms with E-state index in [1.54, 1.807) is 36.5 Å². The van der Waals surface area contributed by atoms with Crippen molar-refractivity contribution < 1.29 is 14.7 Å². The lowest BCUT2D eigenvalue weighted by Gasteiger charge is -2.04. The van der Waals surface area contributed by atoms with Crippen LogP contribution in [0.2, 0.25) is 5.02 Å². The molecule has 0 bridgehead atoms. The highest BCUT2D eigenvalue weighted by Crippen LogP contribution is 2.20. The zero-order chi connectivity index (χ0) is 16.8. The maximum absolute atomic E-state index is 11.0. The van der Waals surface area contributed by atoms with E-state index in [0.29, 0.717) is 11.4 Å². The van der Waals surface area contributed by atoms with E-state index in [0.717, 1.165) is 5.56 Å². The standard InChI is InChI=1S/C16H14ClN3O3/c1-10(21)19-12-4-2-11(3-5-12)9-18-20-13-6-7-15(17)14(8-13)16(22)23/h2-9,20H,1H3,(H,19,21)(H,22,23)/b18-9+. The molecule has 0 heterocycles. The summed E-state index contributed by atoms with van der Waals surface area (Å²) >= 11 is 5.79. The molecule has 0 saturated carbocycles. The van der Waals surface area contributed by atoms with E-state index >= 15 is 0 Å². The van der Waals surface area contributed by atoms with Crippen LogP contribution in [0, 0.1) is 0 Å². The van der Waals surface area contributed by atoms with E-state index in [1.165, 1.54) is 19.1 Å². The molecule has 6 nitrogen and oxygen atoms in total. The first-order valence-corrected chi connectivity index (χ1v) is 7.03. The highest BCUT2D eigenvalue weighted by Gasteiger charge is 2.08. The zero-order valence-corrected chi connectivity index (χ0v) is 13.0. The Morgan fingerprint density at radius 3 is 2.39 bits per heavy atom. The van der Waals surface area contributed by atoms with Gasteiger partial charge in [0.25, 0.3) is 0 Å². The number of hydrogen-bond acceptors (Lipinski definition) is 4. The highest BCUT2D eigenvalue weighted by molar-refractivity contribution is 6.33. The van der Waals surface area contributed by atoms with Crippen LogP contribution in [0.5, 0.6) is 0 Å². The summed E-state index contributed by atoms with van der Waals surface area (Å²) in [5.74, 6) is -1.23. The molecule has 0 fully saturated rings. The van der Waals surface area contributed by atoms with Crippen molar-refractivity contribution in [1.29, 1.82) is 0 Å². The van der Waals surface area contributed by atoms with Crippen molar-refractivity contribution in [3.63, 3.8) is 0 Å². The van der Waals surface area contributed by atoms with Crippen molar-refractivity contribution >= 4 is 41.1 Å². The number of halogens is 1. The third-order valence-electron chi connectivity index (χ3n) is 2.84. The lowest BCUT2D eigenvalue weighted by molar-refractivity contribution is -0.114. The van der Waals surface area contributed by atoms with Crippen LogP contribution < -0.4 is 10.7 Å². The molecule has 2 aromatic carbocycles. The first-order valence-electron chi connectivity index (χ1n) is 6.65. The molecule has 0 aliphatic carbocycles. The van der Waals surface area contributed by atoms with Crippen molar-refractivity contribution in [3.05, 3.63) is 58.6 Å². The number of anilines is 2. The maximum atomic E-state index is 11.0. The molecule has 0 aliphatic heterocycles. The predicted octanol–water partition coefficient (Wildman–Crippen LogP) is 3.44. The Morgan fingerprint density at radius 1 is 1.13 bits per heavy atom. The summed E-state index contributed by atoms with van der Waals surface area (Å²) < 4.78 is 0. The number of carboxylic acids is 1. The Balaban J connectivity index is 2.03. The molecule has 0 spiro atoms. The molecule has 7 heteroatoms. The van der Waals surface area contributed by atoms with Crippen LogP contribution in [-0.4, -0.2) is 23.2 Å². The molecule has 3 N–H and O–H groups in total. The molecule has 0 atom stereocenters. The maximum Gasteiger partial charge on any atom is 0.337 e. The van der Waals surface area contributed by atoms with E-state index in [2.05, 4.69) is 15.8 Å². The van der Waals surface area contributed by atoms with E-state index in [1.807, 2.05) is 0 Å². The van der Waals surface area contributed by atoms with Gasteiger partial charge in [0.1, 0.15) is 0 Å². The van der Waals surface area contributed by atoms with Crippen molar-refractivity contribution in [2.24, 2.45) is 5.10 Å². The molecule has 0 saturated heterocycles. The van der Waals surface area contributed by atoms with Gasteiger partial charge in [-0.05, 0) is 35.9 Å². The molecule has 1 amide bonds. The minimum Gasteiger partial charge on any atom is -0.478 e. The van der Waals surface area contributed by atoms with Gasteiger partial charge >= 0.3 is 5.97 Å². The number of hydrogen-bond donors (Lipinski definition) is 3. The van der Waals surface area contributed by atoms with Gasteiger partial charge in [0.2, 0.25) is 5.91 Å². The van der Waals surface area contributed by atoms with E-state index in [4.69, 9.17) is 16.7 Å². The summed E-state index contributed by atoms with van der Waals surface area (Å²) in [7, 11) is 0. The Kier molecular flexibility index (Phi) is 5.32. The van der Waals surface area contributed by atoms with Crippen LogP contribution in [-0.2, 0) is 4.79 Å². The van der Waals surface area contributed by atoms with Gasteiger partial charge in [-0.3, -0.25) is 10.2 Å². The normalized spacial score (nSPS) is 10.5. The van der Waals surface area contributed by atoms with Crippen LogP contribution in [0.4, 0.5) is 11.4 Å². The lowest BCUT2D eigenvalue weighted by atomic mass is 10.2. The van der Waals surface area contributed by atoms with Crippen molar-refractivity contribution in [1.82, 2.24) is 0 Å². The fourth-order valence-corrected chi connectivity index (χ4v) is 1.99. The number of nitrogens with one attached hydrogen (secondary N) is 2. The Labute approximate surface area is 137 Å². The van der Waals surface area contributed by atoms with Crippen LogP contribution in [0.25, 0.3) is 0 Å². The van der Waals surface area contributed by atoms with Gasteiger partial charge in [0, 0.05) is 12.6 Å². The third-order valence-corrected chi connectivity index (χ3v) is 3.16. The van der Waals surface area contributed by atoms with E-state index in [9.17, 15) is 9.59 Å². The molecule has 2 aromatic rings. The highest BCUT2D eigenvalue weighted by atomic mass is 35.5. The van der Waals surface area contributed by atoms with Crippen molar-refractivity contribution in [2.45, 2.75) is 6.92 Å². The van der Waals surface area contributed by atoms with Gasteiger partial charge < -0.3 is 10.4 Å². The first-order chi connectivity index (χ1) is 11.0. The fraction of sp³-hybridized carbons (Fsp3) is 0.0625. The van der Waals surface area contributed by atoms with Crippen LogP contribution >= 0.6 is 11.6 Å². The molecular weight excluding hydrogens is 318 g/mol. The second kappa shape index (κ2) is 7.42. The van der Waals surface area contributed by atoms with Crippen molar-refractivity contribution in [3.8, 4) is 0 Å². The van der Waals surface area contributed by atoms with Crippen molar-refractivity contribution in [2.75, 3.05) is 10.7 Å². The van der Waals surface area contributed by atoms with E-state index in [-0.39, 0.29) is 16.5 Å². The number of aromatic carboxylic acids is 1. The molecule has 2 rings (SSSR count). The summed E-state index contributed by atoms with van der Waals surface area (Å²) in [4.78, 5) is 21.9. The quantitative estimate of drug-likeness (QED) is 0.578. The number of carboxylic acid groups (broad SMARTS) is 1. The Bertz CT molecular complexity index is 758. The summed E-state index contributed by atoms with van der Waals surface area (Å²) in [5, 5.41) is 15.9. The van der Waals surface area contributed by atoms with Gasteiger partial charge in [-0.15, -0.1) is 0 Å². The van der Waals surface area contributed by atoms with Crippen LogP contribution in [0.15, 0.2) is 47.6 Å². The van der Waals surface area contributed by atoms with Gasteiger partial charge in [0.05, 0.1) is 22.5 Å². The van der Waals surface area contributed by atoms with Gasteiger partial charge in [-0.1, -0.05) is 23.7 Å². The number of benzene rings is 2. The largest absolute Gasteiger partial charge is 0.478 e. The number of nitrogens with zero attached hydrogens (tertiary/aromatic N) is 1. The molecular formula is C16H14ClN3O3. The summed E-state index contributed by atoms with van der Waals surface area (Å²) in [5.41, 5.74) is 4.78. The molecule has 23 heavy (non-hydrogen) atoms. The first kappa shape index (κ1) is 16.5. The average Bonchev–Trinajstić information content (AvgIpc) is 2.50. The molecule has 0 unspecified atom stereocenters. The van der Waals surface area contributed by atoms with Crippen LogP contribution in [0.3, 0.4) is 0 Å². The SMILES string of the molecule is CC(=O)Nc1ccc(/C=N/Nc2ccc(Cl)c(C(=O)O)c2)cc1. The topological polar surface area (TPSA) is 90.8 Å². The Morgan fingerprint density at radius 2 is 1.78 bits per heavy atom. The second-order valence-electron chi connectivity index (χ2n) is 4.67. The van der Waals surface area contributed by atoms with E-state index < -0.39 is 5.97 Å². The second-order valence-corrected chi connectivity index (χ2v) is 5.08. The lowest BCUT2D eigenvalue weighted by Crippen LogP contribution is -2.05. The molecule has 0 aromatic heterocycles. The smallest absolute Gasteiger partial charge is 0.337 e. The summed E-state index contributed by atoms with van der Waals surface area (Å²) in [6, 6.07) is 11.6. The number of amides is 1. The molecule has 118 valence electrons. The van der Waals surface area contributed by atoms with Gasteiger partial charge in [0.15, 0.2) is 0 Å². The zero-order valence-electron chi connectivity index (χ0n) is 12.2. The summed E-state index contributed by atoms with van der Waals surface area (Å²) in [6.45, 7) is 1.44. The number of carbonyl (C=O) groups excluding carboxylic acids is 1. The molecule has 0 aliphatic rings. The average molecular weight is 332 g/mol. The van der Waals surface area contributed by atoms with Gasteiger partial charge in [-0.25, -0.2) is 4.79 Å². The monoisotopic (exact) mass is 331 g/mol. The van der Waals surface area contributed by atoms with Gasteiger partial charge in [-0.2, -0.15) is 5.10 Å².